The van der Waals surface area contributed by atoms with Gasteiger partial charge in [0, 0.05) is 24.2 Å². The number of aromatic nitrogens is 2. The minimum absolute atomic E-state index is 0.0646. The Bertz CT molecular complexity index is 1350. The maximum atomic E-state index is 13.2. The first kappa shape index (κ1) is 22.9. The molecule has 4 rings (SSSR count). The molecule has 9 nitrogen and oxygen atoms in total. The SMILES string of the molecule is COc1ccccc1NC(=O)Cn1c(=O)ncc2cc(S(=O)(=O)N3CCCCC3C)ccc21. The van der Waals surface area contributed by atoms with Gasteiger partial charge in [-0.15, -0.1) is 0 Å². The largest absolute Gasteiger partial charge is 0.495 e. The lowest BCUT2D eigenvalue weighted by molar-refractivity contribution is -0.116. The normalized spacial score (nSPS) is 17.1. The van der Waals surface area contributed by atoms with Gasteiger partial charge in [-0.2, -0.15) is 4.31 Å². The van der Waals surface area contributed by atoms with Crippen LogP contribution in [0.2, 0.25) is 0 Å². The summed E-state index contributed by atoms with van der Waals surface area (Å²) < 4.78 is 34.4. The molecule has 1 fully saturated rings. The van der Waals surface area contributed by atoms with Crippen molar-refractivity contribution in [3.63, 3.8) is 0 Å². The molecule has 3 aromatic rings. The highest BCUT2D eigenvalue weighted by molar-refractivity contribution is 7.89. The summed E-state index contributed by atoms with van der Waals surface area (Å²) >= 11 is 0. The van der Waals surface area contributed by atoms with E-state index in [1.807, 2.05) is 6.92 Å². The molecule has 10 heteroatoms. The zero-order chi connectivity index (χ0) is 23.6. The number of amides is 1. The Labute approximate surface area is 192 Å². The second-order valence-electron chi connectivity index (χ2n) is 8.06. The Morgan fingerprint density at radius 3 is 2.76 bits per heavy atom. The molecule has 1 atom stereocenters. The lowest BCUT2D eigenvalue weighted by Gasteiger charge is -2.32. The summed E-state index contributed by atoms with van der Waals surface area (Å²) in [6, 6.07) is 11.4. The van der Waals surface area contributed by atoms with Gasteiger partial charge in [0.15, 0.2) is 0 Å². The summed E-state index contributed by atoms with van der Waals surface area (Å²) in [4.78, 5) is 29.1. The molecule has 1 aliphatic heterocycles. The molecule has 0 bridgehead atoms. The van der Waals surface area contributed by atoms with Crippen LogP contribution in [0.25, 0.3) is 10.9 Å². The third kappa shape index (κ3) is 4.62. The Morgan fingerprint density at radius 1 is 1.21 bits per heavy atom. The van der Waals surface area contributed by atoms with Crippen LogP contribution in [0, 0.1) is 0 Å². The highest BCUT2D eigenvalue weighted by Gasteiger charge is 2.31. The van der Waals surface area contributed by atoms with Crippen LogP contribution >= 0.6 is 0 Å². The van der Waals surface area contributed by atoms with E-state index in [2.05, 4.69) is 10.3 Å². The first-order chi connectivity index (χ1) is 15.8. The van der Waals surface area contributed by atoms with Crippen molar-refractivity contribution in [3.05, 3.63) is 59.1 Å². The van der Waals surface area contributed by atoms with Gasteiger partial charge in [0.1, 0.15) is 12.3 Å². The third-order valence-corrected chi connectivity index (χ3v) is 7.88. The highest BCUT2D eigenvalue weighted by Crippen LogP contribution is 2.27. The van der Waals surface area contributed by atoms with Crippen molar-refractivity contribution in [2.75, 3.05) is 19.0 Å². The average Bonchev–Trinajstić information content (AvgIpc) is 2.81. The number of piperidine rings is 1. The number of carbonyl (C=O) groups excluding carboxylic acids is 1. The number of nitrogens with one attached hydrogen (secondary N) is 1. The van der Waals surface area contributed by atoms with Crippen molar-refractivity contribution < 1.29 is 17.9 Å². The molecule has 0 radical (unpaired) electrons. The molecule has 1 amide bonds. The number of para-hydroxylation sites is 2. The Morgan fingerprint density at radius 2 is 2.00 bits per heavy atom. The number of nitrogens with zero attached hydrogens (tertiary/aromatic N) is 3. The minimum atomic E-state index is -3.67. The van der Waals surface area contributed by atoms with Gasteiger partial charge in [-0.3, -0.25) is 9.36 Å². The number of sulfonamides is 1. The van der Waals surface area contributed by atoms with Crippen molar-refractivity contribution in [3.8, 4) is 5.75 Å². The zero-order valence-electron chi connectivity index (χ0n) is 18.5. The molecular formula is C23H26N4O5S. The van der Waals surface area contributed by atoms with E-state index in [0.29, 0.717) is 28.9 Å². The maximum absolute atomic E-state index is 13.2. The summed E-state index contributed by atoms with van der Waals surface area (Å²) in [6.07, 6.45) is 4.01. The van der Waals surface area contributed by atoms with Gasteiger partial charge in [-0.25, -0.2) is 18.2 Å². The van der Waals surface area contributed by atoms with E-state index in [1.54, 1.807) is 30.3 Å². The molecule has 0 spiro atoms. The van der Waals surface area contributed by atoms with E-state index in [4.69, 9.17) is 4.74 Å². The Kier molecular flexibility index (Phi) is 6.48. The average molecular weight is 471 g/mol. The second kappa shape index (κ2) is 9.32. The first-order valence-electron chi connectivity index (χ1n) is 10.8. The van der Waals surface area contributed by atoms with Gasteiger partial charge >= 0.3 is 5.69 Å². The monoisotopic (exact) mass is 470 g/mol. The lowest BCUT2D eigenvalue weighted by atomic mass is 10.1. The van der Waals surface area contributed by atoms with E-state index >= 15 is 0 Å². The predicted octanol–water partition coefficient (Wildman–Crippen LogP) is 2.61. The van der Waals surface area contributed by atoms with Crippen LogP contribution in [-0.4, -0.2) is 47.9 Å². The van der Waals surface area contributed by atoms with Gasteiger partial charge in [-0.1, -0.05) is 18.6 Å². The second-order valence-corrected chi connectivity index (χ2v) is 9.95. The molecule has 1 saturated heterocycles. The molecule has 33 heavy (non-hydrogen) atoms. The number of carbonyl (C=O) groups is 1. The molecule has 0 aliphatic carbocycles. The molecule has 0 saturated carbocycles. The van der Waals surface area contributed by atoms with Gasteiger partial charge in [0.2, 0.25) is 15.9 Å². The number of hydrogen-bond acceptors (Lipinski definition) is 6. The number of benzene rings is 2. The molecule has 1 aliphatic rings. The van der Waals surface area contributed by atoms with Crippen LogP contribution in [0.4, 0.5) is 5.69 Å². The molecule has 174 valence electrons. The molecule has 2 aromatic carbocycles. The van der Waals surface area contributed by atoms with Gasteiger partial charge < -0.3 is 10.1 Å². The molecule has 1 N–H and O–H groups in total. The van der Waals surface area contributed by atoms with Crippen LogP contribution in [-0.2, 0) is 21.4 Å². The van der Waals surface area contributed by atoms with Crippen molar-refractivity contribution >= 4 is 32.5 Å². The van der Waals surface area contributed by atoms with Crippen molar-refractivity contribution in [2.24, 2.45) is 0 Å². The molecular weight excluding hydrogens is 444 g/mol. The number of methoxy groups -OCH3 is 1. The van der Waals surface area contributed by atoms with Crippen LogP contribution in [0.15, 0.2) is 58.4 Å². The van der Waals surface area contributed by atoms with Gasteiger partial charge in [0.05, 0.1) is 23.2 Å². The van der Waals surface area contributed by atoms with E-state index < -0.39 is 21.6 Å². The number of ether oxygens (including phenoxy) is 1. The van der Waals surface area contributed by atoms with E-state index in [0.717, 1.165) is 19.3 Å². The van der Waals surface area contributed by atoms with Crippen molar-refractivity contribution in [1.29, 1.82) is 0 Å². The molecule has 2 heterocycles. The summed E-state index contributed by atoms with van der Waals surface area (Å²) in [5, 5.41) is 3.19. The topological polar surface area (TPSA) is 111 Å². The fourth-order valence-corrected chi connectivity index (χ4v) is 5.87. The predicted molar refractivity (Wildman–Crippen MR) is 125 cm³/mol. The van der Waals surface area contributed by atoms with Crippen molar-refractivity contribution in [2.45, 2.75) is 43.7 Å². The summed E-state index contributed by atoms with van der Waals surface area (Å²) in [5.41, 5.74) is 0.309. The fourth-order valence-electron chi connectivity index (χ4n) is 4.14. The minimum Gasteiger partial charge on any atom is -0.495 e. The Balaban J connectivity index is 1.64. The number of anilines is 1. The molecule has 1 unspecified atom stereocenters. The number of rotatable bonds is 6. The van der Waals surface area contributed by atoms with Gasteiger partial charge in [-0.05, 0) is 50.1 Å². The highest BCUT2D eigenvalue weighted by atomic mass is 32.2. The first-order valence-corrected chi connectivity index (χ1v) is 12.2. The number of hydrogen-bond donors (Lipinski definition) is 1. The lowest BCUT2D eigenvalue weighted by Crippen LogP contribution is -2.41. The molecule has 1 aromatic heterocycles. The van der Waals surface area contributed by atoms with Crippen LogP contribution < -0.4 is 15.7 Å². The summed E-state index contributed by atoms with van der Waals surface area (Å²) in [6.45, 7) is 2.12. The van der Waals surface area contributed by atoms with Crippen LogP contribution in [0.3, 0.4) is 0 Å². The summed E-state index contributed by atoms with van der Waals surface area (Å²) in [5.74, 6) is 0.0609. The van der Waals surface area contributed by atoms with Crippen LogP contribution in [0.5, 0.6) is 5.75 Å². The Hall–Kier alpha value is -3.24. The maximum Gasteiger partial charge on any atom is 0.348 e. The standard InChI is InChI=1S/C23H26N4O5S/c1-16-7-5-6-12-27(16)33(30,31)18-10-11-20-17(13-18)14-24-23(29)26(20)15-22(28)25-19-8-3-4-9-21(19)32-2/h3-4,8-11,13-14,16H,5-7,12,15H2,1-2H3,(H,25,28). The third-order valence-electron chi connectivity index (χ3n) is 5.87. The van der Waals surface area contributed by atoms with E-state index in [9.17, 15) is 18.0 Å². The van der Waals surface area contributed by atoms with Crippen molar-refractivity contribution in [1.82, 2.24) is 13.9 Å². The number of fused-ring (bicyclic) bond motifs is 1. The van der Waals surface area contributed by atoms with E-state index in [1.165, 1.54) is 34.3 Å². The zero-order valence-corrected chi connectivity index (χ0v) is 19.3. The van der Waals surface area contributed by atoms with Crippen LogP contribution in [0.1, 0.15) is 26.2 Å². The summed E-state index contributed by atoms with van der Waals surface area (Å²) in [7, 11) is -2.17. The quantitative estimate of drug-likeness (QED) is 0.593. The van der Waals surface area contributed by atoms with E-state index in [-0.39, 0.29) is 17.5 Å². The smallest absolute Gasteiger partial charge is 0.348 e. The fraction of sp³-hybridized carbons (Fsp3) is 0.348. The van der Waals surface area contributed by atoms with Gasteiger partial charge in [0.25, 0.3) is 0 Å².